The Morgan fingerprint density at radius 2 is 1.81 bits per heavy atom. The molecule has 0 saturated heterocycles. The number of nitrogens with one attached hydrogen (secondary N) is 2. The highest BCUT2D eigenvalue weighted by atomic mass is 32.2. The highest BCUT2D eigenvalue weighted by Crippen LogP contribution is 2.34. The number of benzene rings is 2. The zero-order valence-corrected chi connectivity index (χ0v) is 17.9. The fraction of sp³-hybridized carbons (Fsp3) is 0.238. The molecule has 2 aromatic rings. The first-order valence-electron chi connectivity index (χ1n) is 9.21. The second-order valence-electron chi connectivity index (χ2n) is 6.92. The first-order chi connectivity index (χ1) is 14.7. The molecule has 10 heteroatoms. The molecule has 3 N–H and O–H groups in total. The normalized spacial score (nSPS) is 16.4. The summed E-state index contributed by atoms with van der Waals surface area (Å²) in [6, 6.07) is 8.84. The van der Waals surface area contributed by atoms with Gasteiger partial charge in [0.1, 0.15) is 0 Å². The van der Waals surface area contributed by atoms with Crippen molar-refractivity contribution in [1.29, 1.82) is 0 Å². The number of methoxy groups -OCH3 is 2. The van der Waals surface area contributed by atoms with Crippen LogP contribution in [0.3, 0.4) is 0 Å². The number of carbonyl (C=O) groups is 2. The van der Waals surface area contributed by atoms with Crippen molar-refractivity contribution in [1.82, 2.24) is 10.6 Å². The first-order valence-corrected chi connectivity index (χ1v) is 10.9. The van der Waals surface area contributed by atoms with Gasteiger partial charge in [0.2, 0.25) is 0 Å². The van der Waals surface area contributed by atoms with Crippen LogP contribution in [0.2, 0.25) is 0 Å². The first kappa shape index (κ1) is 22.2. The molecular weight excluding hydrogens is 424 g/mol. The van der Waals surface area contributed by atoms with Gasteiger partial charge in [0.05, 0.1) is 36.5 Å². The van der Waals surface area contributed by atoms with Gasteiger partial charge in [0.15, 0.2) is 21.3 Å². The van der Waals surface area contributed by atoms with Crippen molar-refractivity contribution in [3.05, 3.63) is 64.9 Å². The van der Waals surface area contributed by atoms with Gasteiger partial charge >= 0.3 is 12.0 Å². The van der Waals surface area contributed by atoms with Gasteiger partial charge in [-0.3, -0.25) is 0 Å². The van der Waals surface area contributed by atoms with E-state index in [4.69, 9.17) is 9.47 Å². The topological polar surface area (TPSA) is 131 Å². The summed E-state index contributed by atoms with van der Waals surface area (Å²) in [6.45, 7) is 1.83. The van der Waals surface area contributed by atoms with E-state index in [2.05, 4.69) is 10.6 Å². The predicted octanol–water partition coefficient (Wildman–Crippen LogP) is 1.96. The monoisotopic (exact) mass is 446 g/mol. The Morgan fingerprint density at radius 1 is 1.13 bits per heavy atom. The van der Waals surface area contributed by atoms with E-state index < -0.39 is 33.6 Å². The number of phenolic OH excluding ortho intramolecular Hbond substituents is 1. The SMILES string of the molecule is COC(=O)C1=C(CS(=O)(=O)c2ccc(C)cc2)NC(=O)N[C@H]1c1ccc(O)c(OC)c1. The Hall–Kier alpha value is -3.53. The number of amides is 2. The highest BCUT2D eigenvalue weighted by Gasteiger charge is 2.35. The Kier molecular flexibility index (Phi) is 6.21. The number of phenols is 1. The smallest absolute Gasteiger partial charge is 0.338 e. The van der Waals surface area contributed by atoms with Gasteiger partial charge in [-0.15, -0.1) is 0 Å². The number of aromatic hydroxyl groups is 1. The quantitative estimate of drug-likeness (QED) is 0.578. The zero-order valence-electron chi connectivity index (χ0n) is 17.1. The maximum atomic E-state index is 13.0. The lowest BCUT2D eigenvalue weighted by molar-refractivity contribution is -0.136. The fourth-order valence-electron chi connectivity index (χ4n) is 3.23. The maximum Gasteiger partial charge on any atom is 0.338 e. The summed E-state index contributed by atoms with van der Waals surface area (Å²) >= 11 is 0. The summed E-state index contributed by atoms with van der Waals surface area (Å²) in [6.07, 6.45) is 0. The molecule has 0 aromatic heterocycles. The van der Waals surface area contributed by atoms with E-state index in [1.54, 1.807) is 12.1 Å². The lowest BCUT2D eigenvalue weighted by Gasteiger charge is -2.29. The number of hydrogen-bond acceptors (Lipinski definition) is 7. The Morgan fingerprint density at radius 3 is 2.42 bits per heavy atom. The number of ether oxygens (including phenoxy) is 2. The van der Waals surface area contributed by atoms with Gasteiger partial charge in [-0.1, -0.05) is 23.8 Å². The van der Waals surface area contributed by atoms with E-state index in [1.165, 1.54) is 37.4 Å². The second-order valence-corrected chi connectivity index (χ2v) is 8.91. The van der Waals surface area contributed by atoms with Crippen LogP contribution in [0.15, 0.2) is 58.6 Å². The van der Waals surface area contributed by atoms with Gasteiger partial charge in [-0.2, -0.15) is 0 Å². The van der Waals surface area contributed by atoms with Crippen LogP contribution in [0.5, 0.6) is 11.5 Å². The van der Waals surface area contributed by atoms with E-state index in [0.717, 1.165) is 12.7 Å². The molecule has 0 bridgehead atoms. The molecule has 1 heterocycles. The fourth-order valence-corrected chi connectivity index (χ4v) is 4.55. The third-order valence-corrected chi connectivity index (χ3v) is 6.47. The van der Waals surface area contributed by atoms with E-state index in [0.29, 0.717) is 5.56 Å². The molecule has 2 aromatic carbocycles. The molecule has 2 amide bonds. The van der Waals surface area contributed by atoms with Gasteiger partial charge in [0.25, 0.3) is 0 Å². The van der Waals surface area contributed by atoms with E-state index >= 15 is 0 Å². The largest absolute Gasteiger partial charge is 0.504 e. The number of sulfone groups is 1. The van der Waals surface area contributed by atoms with E-state index in [9.17, 15) is 23.1 Å². The average molecular weight is 446 g/mol. The number of aryl methyl sites for hydroxylation is 1. The van der Waals surface area contributed by atoms with E-state index in [1.807, 2.05) is 6.92 Å². The average Bonchev–Trinajstić information content (AvgIpc) is 2.73. The molecular formula is C21H22N2O7S. The molecule has 1 aliphatic heterocycles. The van der Waals surface area contributed by atoms with Crippen molar-refractivity contribution in [3.8, 4) is 11.5 Å². The zero-order chi connectivity index (χ0) is 22.8. The molecule has 9 nitrogen and oxygen atoms in total. The van der Waals surface area contributed by atoms with Crippen molar-refractivity contribution in [2.24, 2.45) is 0 Å². The van der Waals surface area contributed by atoms with Crippen molar-refractivity contribution in [3.63, 3.8) is 0 Å². The summed E-state index contributed by atoms with van der Waals surface area (Å²) in [5, 5.41) is 14.9. The molecule has 0 radical (unpaired) electrons. The van der Waals surface area contributed by atoms with Gasteiger partial charge in [0, 0.05) is 5.70 Å². The summed E-state index contributed by atoms with van der Waals surface area (Å²) < 4.78 is 35.9. The lowest BCUT2D eigenvalue weighted by atomic mass is 9.95. The van der Waals surface area contributed by atoms with Crippen LogP contribution in [0.4, 0.5) is 4.79 Å². The molecule has 1 atom stereocenters. The minimum Gasteiger partial charge on any atom is -0.504 e. The molecule has 1 aliphatic rings. The van der Waals surface area contributed by atoms with Crippen molar-refractivity contribution in [2.45, 2.75) is 17.9 Å². The van der Waals surface area contributed by atoms with Crippen LogP contribution in [0.1, 0.15) is 17.2 Å². The van der Waals surface area contributed by atoms with Crippen LogP contribution in [-0.4, -0.2) is 45.5 Å². The third kappa shape index (κ3) is 4.64. The van der Waals surface area contributed by atoms with Crippen LogP contribution in [-0.2, 0) is 19.4 Å². The minimum atomic E-state index is -3.87. The van der Waals surface area contributed by atoms with Crippen molar-refractivity contribution < 1.29 is 32.6 Å². The lowest BCUT2D eigenvalue weighted by Crippen LogP contribution is -2.47. The van der Waals surface area contributed by atoms with Crippen LogP contribution < -0.4 is 15.4 Å². The summed E-state index contributed by atoms with van der Waals surface area (Å²) in [4.78, 5) is 25.0. The molecule has 31 heavy (non-hydrogen) atoms. The number of urea groups is 1. The van der Waals surface area contributed by atoms with Crippen LogP contribution in [0, 0.1) is 6.92 Å². The number of esters is 1. The Balaban J connectivity index is 2.11. The summed E-state index contributed by atoms with van der Waals surface area (Å²) in [5.41, 5.74) is 1.14. The molecule has 0 spiro atoms. The molecule has 0 unspecified atom stereocenters. The molecule has 0 saturated carbocycles. The van der Waals surface area contributed by atoms with Crippen LogP contribution >= 0.6 is 0 Å². The molecule has 3 rings (SSSR count). The van der Waals surface area contributed by atoms with Crippen LogP contribution in [0.25, 0.3) is 0 Å². The van der Waals surface area contributed by atoms with Crippen molar-refractivity contribution >= 4 is 21.8 Å². The summed E-state index contributed by atoms with van der Waals surface area (Å²) in [7, 11) is -1.36. The molecule has 0 aliphatic carbocycles. The predicted molar refractivity (Wildman–Crippen MR) is 111 cm³/mol. The minimum absolute atomic E-state index is 0.0606. The summed E-state index contributed by atoms with van der Waals surface area (Å²) in [5.74, 6) is -1.42. The number of carbonyl (C=O) groups excluding carboxylic acids is 2. The molecule has 164 valence electrons. The Labute approximate surface area is 179 Å². The Bertz CT molecular complexity index is 1150. The van der Waals surface area contributed by atoms with Gasteiger partial charge in [-0.25, -0.2) is 18.0 Å². The number of rotatable bonds is 6. The van der Waals surface area contributed by atoms with Gasteiger partial charge < -0.3 is 25.2 Å². The van der Waals surface area contributed by atoms with Gasteiger partial charge in [-0.05, 0) is 36.8 Å². The standard InChI is InChI=1S/C21H22N2O7S/c1-12-4-7-14(8-5-12)31(27,28)11-15-18(20(25)30-3)19(23-21(26)22-15)13-6-9-16(24)17(10-13)29-2/h4-10,19,24H,11H2,1-3H3,(H2,22,23,26)/t19-/m0/s1. The second kappa shape index (κ2) is 8.68. The van der Waals surface area contributed by atoms with Crippen molar-refractivity contribution in [2.75, 3.05) is 20.0 Å². The number of hydrogen-bond donors (Lipinski definition) is 3. The third-order valence-electron chi connectivity index (χ3n) is 4.81. The molecule has 0 fully saturated rings. The highest BCUT2D eigenvalue weighted by molar-refractivity contribution is 7.91. The maximum absolute atomic E-state index is 13.0. The van der Waals surface area contributed by atoms with E-state index in [-0.39, 0.29) is 27.7 Å².